The Kier molecular flexibility index (Phi) is 3.86. The number of amides is 1. The van der Waals surface area contributed by atoms with Gasteiger partial charge in [0, 0.05) is 11.8 Å². The largest absolute Gasteiger partial charge is 0.309 e. The Bertz CT molecular complexity index is 766. The third-order valence-corrected chi connectivity index (χ3v) is 2.95. The lowest BCUT2D eigenvalue weighted by Crippen LogP contribution is -2.21. The fraction of sp³-hybridized carbons (Fsp3) is 0.133. The van der Waals surface area contributed by atoms with Gasteiger partial charge in [0.25, 0.3) is 0 Å². The van der Waals surface area contributed by atoms with Crippen molar-refractivity contribution in [2.45, 2.75) is 13.5 Å². The van der Waals surface area contributed by atoms with Gasteiger partial charge >= 0.3 is 0 Å². The number of anilines is 1. The highest BCUT2D eigenvalue weighted by Gasteiger charge is 2.09. The number of carbonyl (C=O) groups excluding carboxylic acids is 1. The van der Waals surface area contributed by atoms with Gasteiger partial charge in [0.05, 0.1) is 0 Å². The molecule has 0 radical (unpaired) electrons. The Balaban J connectivity index is 1.65. The Morgan fingerprint density at radius 1 is 1.18 bits per heavy atom. The van der Waals surface area contributed by atoms with Crippen LogP contribution < -0.4 is 5.32 Å². The molecule has 3 rings (SSSR count). The summed E-state index contributed by atoms with van der Waals surface area (Å²) in [7, 11) is 0. The number of rotatable bonds is 4. The van der Waals surface area contributed by atoms with Gasteiger partial charge in [-0.05, 0) is 23.8 Å². The second-order valence-electron chi connectivity index (χ2n) is 4.78. The summed E-state index contributed by atoms with van der Waals surface area (Å²) in [6.07, 6.45) is 1.69. The normalized spacial score (nSPS) is 10.4. The summed E-state index contributed by atoms with van der Waals surface area (Å²) < 4.78 is 0. The van der Waals surface area contributed by atoms with Crippen molar-refractivity contribution in [3.05, 3.63) is 54.2 Å². The fourth-order valence-corrected chi connectivity index (χ4v) is 1.87. The first-order valence-corrected chi connectivity index (χ1v) is 6.76. The van der Waals surface area contributed by atoms with Gasteiger partial charge in [0.15, 0.2) is 0 Å². The predicted molar refractivity (Wildman–Crippen MR) is 80.9 cm³/mol. The number of hydrogen-bond acceptors (Lipinski definition) is 5. The van der Waals surface area contributed by atoms with Crippen LogP contribution in [0.15, 0.2) is 48.7 Å². The molecule has 1 amide bonds. The molecule has 1 aromatic carbocycles. The lowest BCUT2D eigenvalue weighted by atomic mass is 10.2. The summed E-state index contributed by atoms with van der Waals surface area (Å²) in [5.41, 5.74) is 1.89. The van der Waals surface area contributed by atoms with Crippen molar-refractivity contribution in [2.75, 3.05) is 5.32 Å². The highest BCUT2D eigenvalue weighted by Crippen LogP contribution is 2.11. The second-order valence-corrected chi connectivity index (χ2v) is 4.78. The van der Waals surface area contributed by atoms with Gasteiger partial charge in [0.1, 0.15) is 12.4 Å². The number of tetrazole rings is 1. The van der Waals surface area contributed by atoms with E-state index in [9.17, 15) is 4.79 Å². The molecule has 2 heterocycles. The van der Waals surface area contributed by atoms with Crippen LogP contribution >= 0.6 is 0 Å². The lowest BCUT2D eigenvalue weighted by molar-refractivity contribution is -0.117. The molecular weight excluding hydrogens is 280 g/mol. The minimum atomic E-state index is -0.256. The molecule has 0 unspecified atom stereocenters. The zero-order chi connectivity index (χ0) is 15.4. The maximum atomic E-state index is 11.9. The molecule has 7 nitrogen and oxygen atoms in total. The Morgan fingerprint density at radius 3 is 2.73 bits per heavy atom. The molecule has 0 saturated carbocycles. The van der Waals surface area contributed by atoms with Crippen molar-refractivity contribution in [3.63, 3.8) is 0 Å². The first-order chi connectivity index (χ1) is 10.7. The number of aromatic nitrogens is 5. The van der Waals surface area contributed by atoms with E-state index in [2.05, 4.69) is 25.7 Å². The van der Waals surface area contributed by atoms with Crippen molar-refractivity contribution in [2.24, 2.45) is 0 Å². The van der Waals surface area contributed by atoms with Crippen molar-refractivity contribution in [1.29, 1.82) is 0 Å². The highest BCUT2D eigenvalue weighted by molar-refractivity contribution is 5.89. The minimum absolute atomic E-state index is 0.0185. The number of carbonyl (C=O) groups is 1. The van der Waals surface area contributed by atoms with Gasteiger partial charge in [0.2, 0.25) is 11.7 Å². The molecule has 2 aromatic heterocycles. The third-order valence-electron chi connectivity index (χ3n) is 2.95. The number of aryl methyl sites for hydroxylation is 1. The average molecular weight is 294 g/mol. The summed E-state index contributed by atoms with van der Waals surface area (Å²) in [5, 5.41) is 14.7. The average Bonchev–Trinajstić information content (AvgIpc) is 2.99. The van der Waals surface area contributed by atoms with E-state index in [0.29, 0.717) is 11.6 Å². The molecule has 0 saturated heterocycles. The maximum absolute atomic E-state index is 11.9. The summed E-state index contributed by atoms with van der Waals surface area (Å²) >= 11 is 0. The van der Waals surface area contributed by atoms with E-state index >= 15 is 0 Å². The first kappa shape index (κ1) is 13.9. The Labute approximate surface area is 127 Å². The van der Waals surface area contributed by atoms with Crippen LogP contribution in [0.4, 0.5) is 5.82 Å². The minimum Gasteiger partial charge on any atom is -0.309 e. The topological polar surface area (TPSA) is 85.6 Å². The molecule has 0 bridgehead atoms. The molecule has 1 N–H and O–H groups in total. The molecule has 0 spiro atoms. The second kappa shape index (κ2) is 6.13. The van der Waals surface area contributed by atoms with E-state index in [1.165, 1.54) is 4.80 Å². The van der Waals surface area contributed by atoms with Crippen molar-refractivity contribution >= 4 is 11.7 Å². The van der Waals surface area contributed by atoms with E-state index in [1.807, 2.05) is 43.3 Å². The van der Waals surface area contributed by atoms with E-state index in [1.54, 1.807) is 12.3 Å². The molecule has 22 heavy (non-hydrogen) atoms. The molecule has 110 valence electrons. The van der Waals surface area contributed by atoms with Gasteiger partial charge in [-0.1, -0.05) is 36.4 Å². The standard InChI is InChI=1S/C15H14N6O/c1-11-7-8-13(16-9-11)17-14(22)10-21-19-15(18-20-21)12-5-3-2-4-6-12/h2-9H,10H2,1H3,(H,16,17,22). The lowest BCUT2D eigenvalue weighted by Gasteiger charge is -2.03. The van der Waals surface area contributed by atoms with Crippen LogP contribution in [0, 0.1) is 6.92 Å². The molecule has 0 aliphatic carbocycles. The molecule has 0 atom stereocenters. The van der Waals surface area contributed by atoms with Crippen LogP contribution in [0.2, 0.25) is 0 Å². The zero-order valence-electron chi connectivity index (χ0n) is 12.0. The van der Waals surface area contributed by atoms with E-state index < -0.39 is 0 Å². The number of nitrogens with zero attached hydrogens (tertiary/aromatic N) is 5. The molecule has 0 aliphatic heterocycles. The van der Waals surface area contributed by atoms with Gasteiger partial charge < -0.3 is 5.32 Å². The summed E-state index contributed by atoms with van der Waals surface area (Å²) in [5.74, 6) is 0.731. The van der Waals surface area contributed by atoms with Crippen LogP contribution in [0.3, 0.4) is 0 Å². The predicted octanol–water partition coefficient (Wildman–Crippen LogP) is 1.68. The maximum Gasteiger partial charge on any atom is 0.249 e. The highest BCUT2D eigenvalue weighted by atomic mass is 16.2. The van der Waals surface area contributed by atoms with Crippen LogP contribution in [0.5, 0.6) is 0 Å². The quantitative estimate of drug-likeness (QED) is 0.791. The summed E-state index contributed by atoms with van der Waals surface area (Å²) in [4.78, 5) is 17.3. The number of benzene rings is 1. The number of pyridine rings is 1. The van der Waals surface area contributed by atoms with E-state index in [0.717, 1.165) is 11.1 Å². The van der Waals surface area contributed by atoms with Crippen LogP contribution in [-0.4, -0.2) is 31.1 Å². The van der Waals surface area contributed by atoms with E-state index in [-0.39, 0.29) is 12.5 Å². The van der Waals surface area contributed by atoms with Crippen molar-refractivity contribution < 1.29 is 4.79 Å². The number of hydrogen-bond donors (Lipinski definition) is 1. The van der Waals surface area contributed by atoms with Gasteiger partial charge in [-0.3, -0.25) is 4.79 Å². The molecule has 0 aliphatic rings. The van der Waals surface area contributed by atoms with Crippen LogP contribution in [0.1, 0.15) is 5.56 Å². The fourth-order valence-electron chi connectivity index (χ4n) is 1.87. The van der Waals surface area contributed by atoms with Crippen molar-refractivity contribution in [3.8, 4) is 11.4 Å². The van der Waals surface area contributed by atoms with Gasteiger partial charge in [-0.25, -0.2) is 4.98 Å². The van der Waals surface area contributed by atoms with Crippen LogP contribution in [0.25, 0.3) is 11.4 Å². The number of nitrogens with one attached hydrogen (secondary N) is 1. The van der Waals surface area contributed by atoms with Crippen molar-refractivity contribution in [1.82, 2.24) is 25.2 Å². The Hall–Kier alpha value is -3.09. The summed E-state index contributed by atoms with van der Waals surface area (Å²) in [6.45, 7) is 1.92. The zero-order valence-corrected chi connectivity index (χ0v) is 12.0. The smallest absolute Gasteiger partial charge is 0.249 e. The Morgan fingerprint density at radius 2 is 2.00 bits per heavy atom. The molecule has 3 aromatic rings. The monoisotopic (exact) mass is 294 g/mol. The summed E-state index contributed by atoms with van der Waals surface area (Å²) in [6, 6.07) is 13.1. The molecule has 7 heteroatoms. The SMILES string of the molecule is Cc1ccc(NC(=O)Cn2nnc(-c3ccccc3)n2)nc1. The molecule has 0 fully saturated rings. The van der Waals surface area contributed by atoms with Crippen LogP contribution in [-0.2, 0) is 11.3 Å². The molecular formula is C15H14N6O. The van der Waals surface area contributed by atoms with E-state index in [4.69, 9.17) is 0 Å². The van der Waals surface area contributed by atoms with Gasteiger partial charge in [-0.2, -0.15) is 4.80 Å². The van der Waals surface area contributed by atoms with Gasteiger partial charge in [-0.15, -0.1) is 10.2 Å². The first-order valence-electron chi connectivity index (χ1n) is 6.76. The third kappa shape index (κ3) is 3.32.